The Morgan fingerprint density at radius 3 is 2.58 bits per heavy atom. The molecule has 2 heterocycles. The van der Waals surface area contributed by atoms with E-state index in [1.807, 2.05) is 65.4 Å². The smallest absolute Gasteiger partial charge is 0.234 e. The van der Waals surface area contributed by atoms with Crippen molar-refractivity contribution in [3.63, 3.8) is 0 Å². The van der Waals surface area contributed by atoms with Crippen LogP contribution < -0.4 is 5.32 Å². The molecule has 4 rings (SSSR count). The van der Waals surface area contributed by atoms with Gasteiger partial charge in [0.1, 0.15) is 0 Å². The fourth-order valence-electron chi connectivity index (χ4n) is 3.05. The first-order chi connectivity index (χ1) is 15.2. The van der Waals surface area contributed by atoms with Crippen LogP contribution in [0, 0.1) is 0 Å². The van der Waals surface area contributed by atoms with Gasteiger partial charge in [0, 0.05) is 28.5 Å². The summed E-state index contributed by atoms with van der Waals surface area (Å²) in [4.78, 5) is 17.7. The van der Waals surface area contributed by atoms with Gasteiger partial charge in [-0.3, -0.25) is 14.3 Å². The van der Waals surface area contributed by atoms with Crippen LogP contribution in [0.1, 0.15) is 5.56 Å². The molecule has 4 aromatic rings. The van der Waals surface area contributed by atoms with Crippen LogP contribution in [0.25, 0.3) is 11.4 Å². The summed E-state index contributed by atoms with van der Waals surface area (Å²) in [5.41, 5.74) is 2.86. The van der Waals surface area contributed by atoms with E-state index >= 15 is 0 Å². The van der Waals surface area contributed by atoms with Crippen LogP contribution in [0.2, 0.25) is 0 Å². The van der Waals surface area contributed by atoms with Crippen molar-refractivity contribution in [3.05, 3.63) is 84.7 Å². The van der Waals surface area contributed by atoms with Gasteiger partial charge in [-0.15, -0.1) is 22.0 Å². The molecule has 0 aliphatic carbocycles. The molecule has 0 bridgehead atoms. The van der Waals surface area contributed by atoms with Gasteiger partial charge >= 0.3 is 0 Å². The normalized spacial score (nSPS) is 10.7. The number of carbonyl (C=O) groups is 1. The molecule has 1 amide bonds. The van der Waals surface area contributed by atoms with Gasteiger partial charge in [0.25, 0.3) is 0 Å². The third-order valence-electron chi connectivity index (χ3n) is 4.52. The van der Waals surface area contributed by atoms with Gasteiger partial charge in [0.15, 0.2) is 11.0 Å². The van der Waals surface area contributed by atoms with Gasteiger partial charge < -0.3 is 5.32 Å². The lowest BCUT2D eigenvalue weighted by Gasteiger charge is -2.11. The number of amides is 1. The standard InChI is InChI=1S/C23H21N5OS2/c1-30-20-9-5-8-19(14-20)25-21(29)16-31-23-27-26-22(18-10-12-24-13-11-18)28(23)15-17-6-3-2-4-7-17/h2-14H,15-16H2,1H3,(H,25,29). The topological polar surface area (TPSA) is 72.7 Å². The zero-order valence-electron chi connectivity index (χ0n) is 16.9. The molecule has 0 aliphatic rings. The molecule has 1 N–H and O–H groups in total. The summed E-state index contributed by atoms with van der Waals surface area (Å²) in [5, 5.41) is 12.4. The van der Waals surface area contributed by atoms with Crippen molar-refractivity contribution in [2.45, 2.75) is 16.6 Å². The van der Waals surface area contributed by atoms with Crippen LogP contribution in [0.5, 0.6) is 0 Å². The van der Waals surface area contributed by atoms with Gasteiger partial charge in [-0.2, -0.15) is 0 Å². The molecular formula is C23H21N5OS2. The number of rotatable bonds is 8. The number of aromatic nitrogens is 4. The van der Waals surface area contributed by atoms with E-state index in [0.717, 1.165) is 27.5 Å². The maximum Gasteiger partial charge on any atom is 0.234 e. The molecule has 2 aromatic carbocycles. The highest BCUT2D eigenvalue weighted by Gasteiger charge is 2.16. The minimum atomic E-state index is -0.0806. The predicted molar refractivity (Wildman–Crippen MR) is 126 cm³/mol. The molecule has 6 nitrogen and oxygen atoms in total. The molecule has 0 spiro atoms. The molecular weight excluding hydrogens is 426 g/mol. The van der Waals surface area contributed by atoms with E-state index in [9.17, 15) is 4.79 Å². The lowest BCUT2D eigenvalue weighted by Crippen LogP contribution is -2.15. The minimum absolute atomic E-state index is 0.0806. The molecule has 0 atom stereocenters. The SMILES string of the molecule is CSc1cccc(NC(=O)CSc2nnc(-c3ccncc3)n2Cc2ccccc2)c1. The number of pyridine rings is 1. The number of hydrogen-bond acceptors (Lipinski definition) is 6. The first kappa shape index (κ1) is 21.1. The third kappa shape index (κ3) is 5.53. The summed E-state index contributed by atoms with van der Waals surface area (Å²) in [7, 11) is 0. The second-order valence-corrected chi connectivity index (χ2v) is 8.50. The van der Waals surface area contributed by atoms with Crippen molar-refractivity contribution in [2.75, 3.05) is 17.3 Å². The second-order valence-electron chi connectivity index (χ2n) is 6.68. The van der Waals surface area contributed by atoms with Crippen molar-refractivity contribution in [2.24, 2.45) is 0 Å². The maximum absolute atomic E-state index is 12.5. The van der Waals surface area contributed by atoms with Crippen molar-refractivity contribution in [1.82, 2.24) is 19.7 Å². The summed E-state index contributed by atoms with van der Waals surface area (Å²) >= 11 is 3.02. The number of anilines is 1. The van der Waals surface area contributed by atoms with Gasteiger partial charge in [-0.05, 0) is 42.2 Å². The summed E-state index contributed by atoms with van der Waals surface area (Å²) < 4.78 is 2.04. The highest BCUT2D eigenvalue weighted by atomic mass is 32.2. The number of carbonyl (C=O) groups excluding carboxylic acids is 1. The van der Waals surface area contributed by atoms with E-state index in [-0.39, 0.29) is 11.7 Å². The molecule has 0 aliphatic heterocycles. The molecule has 0 saturated heterocycles. The first-order valence-electron chi connectivity index (χ1n) is 9.67. The fourth-order valence-corrected chi connectivity index (χ4v) is 4.24. The quantitative estimate of drug-likeness (QED) is 0.390. The third-order valence-corrected chi connectivity index (χ3v) is 6.22. The lowest BCUT2D eigenvalue weighted by molar-refractivity contribution is -0.113. The second kappa shape index (κ2) is 10.3. The monoisotopic (exact) mass is 447 g/mol. The Kier molecular flexibility index (Phi) is 7.01. The molecule has 31 heavy (non-hydrogen) atoms. The zero-order valence-corrected chi connectivity index (χ0v) is 18.6. The van der Waals surface area contributed by atoms with Crippen molar-refractivity contribution < 1.29 is 4.79 Å². The highest BCUT2D eigenvalue weighted by molar-refractivity contribution is 7.99. The predicted octanol–water partition coefficient (Wildman–Crippen LogP) is 4.84. The maximum atomic E-state index is 12.5. The van der Waals surface area contributed by atoms with Gasteiger partial charge in [0.2, 0.25) is 5.91 Å². The molecule has 0 radical (unpaired) electrons. The molecule has 0 unspecified atom stereocenters. The first-order valence-corrected chi connectivity index (χ1v) is 11.9. The summed E-state index contributed by atoms with van der Waals surface area (Å²) in [6.45, 7) is 0.616. The van der Waals surface area contributed by atoms with Crippen LogP contribution in [0.3, 0.4) is 0 Å². The summed E-state index contributed by atoms with van der Waals surface area (Å²) in [6, 6.07) is 21.8. The zero-order chi connectivity index (χ0) is 21.5. The largest absolute Gasteiger partial charge is 0.325 e. The van der Waals surface area contributed by atoms with E-state index in [2.05, 4.69) is 32.6 Å². The number of nitrogens with one attached hydrogen (secondary N) is 1. The van der Waals surface area contributed by atoms with Crippen molar-refractivity contribution >= 4 is 35.1 Å². The fraction of sp³-hybridized carbons (Fsp3) is 0.130. The van der Waals surface area contributed by atoms with Crippen molar-refractivity contribution in [3.8, 4) is 11.4 Å². The molecule has 8 heteroatoms. The number of benzene rings is 2. The average molecular weight is 448 g/mol. The molecule has 0 saturated carbocycles. The summed E-state index contributed by atoms with van der Waals surface area (Å²) in [5.74, 6) is 0.914. The van der Waals surface area contributed by atoms with Gasteiger partial charge in [0.05, 0.1) is 12.3 Å². The van der Waals surface area contributed by atoms with E-state index in [1.54, 1.807) is 24.2 Å². The van der Waals surface area contributed by atoms with E-state index in [0.29, 0.717) is 11.7 Å². The number of nitrogens with zero attached hydrogens (tertiary/aromatic N) is 4. The Balaban J connectivity index is 1.52. The van der Waals surface area contributed by atoms with Crippen LogP contribution in [-0.2, 0) is 11.3 Å². The minimum Gasteiger partial charge on any atom is -0.325 e. The van der Waals surface area contributed by atoms with Crippen molar-refractivity contribution in [1.29, 1.82) is 0 Å². The number of thioether (sulfide) groups is 2. The lowest BCUT2D eigenvalue weighted by atomic mass is 10.2. The van der Waals surface area contributed by atoms with E-state index < -0.39 is 0 Å². The average Bonchev–Trinajstić information content (AvgIpc) is 3.21. The summed E-state index contributed by atoms with van der Waals surface area (Å²) in [6.07, 6.45) is 5.48. The molecule has 2 aromatic heterocycles. The highest BCUT2D eigenvalue weighted by Crippen LogP contribution is 2.25. The Labute approximate surface area is 189 Å². The van der Waals surface area contributed by atoms with Crippen LogP contribution >= 0.6 is 23.5 Å². The van der Waals surface area contributed by atoms with E-state index in [1.165, 1.54) is 11.8 Å². The Morgan fingerprint density at radius 1 is 1.00 bits per heavy atom. The Morgan fingerprint density at radius 2 is 1.81 bits per heavy atom. The Hall–Kier alpha value is -3.10. The molecule has 0 fully saturated rings. The van der Waals surface area contributed by atoms with Gasteiger partial charge in [-0.25, -0.2) is 0 Å². The van der Waals surface area contributed by atoms with Crippen LogP contribution in [0.4, 0.5) is 5.69 Å². The van der Waals surface area contributed by atoms with Gasteiger partial charge in [-0.1, -0.05) is 48.2 Å². The molecule has 156 valence electrons. The van der Waals surface area contributed by atoms with Crippen LogP contribution in [0.15, 0.2) is 89.2 Å². The van der Waals surface area contributed by atoms with E-state index in [4.69, 9.17) is 0 Å². The Bertz CT molecular complexity index is 1150. The van der Waals surface area contributed by atoms with Crippen LogP contribution in [-0.4, -0.2) is 37.7 Å². The number of hydrogen-bond donors (Lipinski definition) is 1.